The van der Waals surface area contributed by atoms with Gasteiger partial charge in [-0.2, -0.15) is 9.78 Å². The quantitative estimate of drug-likeness (QED) is 0.713. The molecule has 0 fully saturated rings. The molecule has 1 heterocycles. The first kappa shape index (κ1) is 20.0. The van der Waals surface area contributed by atoms with E-state index in [1.165, 1.54) is 16.8 Å². The number of anilines is 2. The molecule has 0 atom stereocenters. The molecule has 0 unspecified atom stereocenters. The zero-order valence-corrected chi connectivity index (χ0v) is 16.5. The van der Waals surface area contributed by atoms with Crippen molar-refractivity contribution >= 4 is 23.2 Å². The van der Waals surface area contributed by atoms with E-state index in [4.69, 9.17) is 0 Å². The standard InChI is InChI=1S/C22H22N4O3/c1-22(2,3)21(29)24-16-9-7-8-15(14-16)23-20(28)18-12-13-19(27)26(25-18)17-10-5-4-6-11-17/h4-14H,1-3H3,(H,23,28)(H,24,29). The van der Waals surface area contributed by atoms with Crippen LogP contribution in [0.3, 0.4) is 0 Å². The van der Waals surface area contributed by atoms with Crippen LogP contribution < -0.4 is 16.2 Å². The van der Waals surface area contributed by atoms with Gasteiger partial charge in [-0.05, 0) is 36.4 Å². The van der Waals surface area contributed by atoms with Gasteiger partial charge in [-0.1, -0.05) is 45.0 Å². The molecule has 29 heavy (non-hydrogen) atoms. The lowest BCUT2D eigenvalue weighted by Gasteiger charge is -2.18. The fraction of sp³-hybridized carbons (Fsp3) is 0.182. The van der Waals surface area contributed by atoms with E-state index in [2.05, 4.69) is 15.7 Å². The van der Waals surface area contributed by atoms with E-state index in [1.807, 2.05) is 26.8 Å². The summed E-state index contributed by atoms with van der Waals surface area (Å²) in [6.45, 7) is 5.46. The van der Waals surface area contributed by atoms with Gasteiger partial charge in [-0.3, -0.25) is 14.4 Å². The lowest BCUT2D eigenvalue weighted by atomic mass is 9.95. The van der Waals surface area contributed by atoms with Gasteiger partial charge < -0.3 is 10.6 Å². The first-order chi connectivity index (χ1) is 13.7. The van der Waals surface area contributed by atoms with E-state index >= 15 is 0 Å². The number of carbonyl (C=O) groups is 2. The summed E-state index contributed by atoms with van der Waals surface area (Å²) in [6.07, 6.45) is 0. The molecule has 0 aliphatic carbocycles. The monoisotopic (exact) mass is 390 g/mol. The molecule has 7 nitrogen and oxygen atoms in total. The number of aromatic nitrogens is 2. The van der Waals surface area contributed by atoms with Crippen LogP contribution in [-0.4, -0.2) is 21.6 Å². The highest BCUT2D eigenvalue weighted by Crippen LogP contribution is 2.20. The van der Waals surface area contributed by atoms with E-state index in [0.29, 0.717) is 17.1 Å². The fourth-order valence-electron chi connectivity index (χ4n) is 2.47. The smallest absolute Gasteiger partial charge is 0.276 e. The number of nitrogens with one attached hydrogen (secondary N) is 2. The Labute approximate surface area is 168 Å². The molecule has 0 bridgehead atoms. The maximum absolute atomic E-state index is 12.6. The van der Waals surface area contributed by atoms with Gasteiger partial charge in [0.15, 0.2) is 0 Å². The Hall–Kier alpha value is -3.74. The van der Waals surface area contributed by atoms with Crippen molar-refractivity contribution in [3.8, 4) is 5.69 Å². The Morgan fingerprint density at radius 2 is 1.52 bits per heavy atom. The molecule has 2 aromatic carbocycles. The Morgan fingerprint density at radius 1 is 0.862 bits per heavy atom. The van der Waals surface area contributed by atoms with Crippen molar-refractivity contribution in [2.45, 2.75) is 20.8 Å². The molecular weight excluding hydrogens is 368 g/mol. The molecule has 1 aromatic heterocycles. The van der Waals surface area contributed by atoms with E-state index in [0.717, 1.165) is 0 Å². The number of amides is 2. The van der Waals surface area contributed by atoms with Crippen LogP contribution in [0, 0.1) is 5.41 Å². The van der Waals surface area contributed by atoms with Crippen LogP contribution in [0.15, 0.2) is 71.5 Å². The number of para-hydroxylation sites is 1. The van der Waals surface area contributed by atoms with Crippen molar-refractivity contribution in [2.75, 3.05) is 10.6 Å². The number of rotatable bonds is 4. The molecule has 3 aromatic rings. The van der Waals surface area contributed by atoms with Crippen LogP contribution in [0.4, 0.5) is 11.4 Å². The molecule has 0 aliphatic heterocycles. The first-order valence-electron chi connectivity index (χ1n) is 9.13. The van der Waals surface area contributed by atoms with Gasteiger partial charge in [0.1, 0.15) is 5.69 Å². The zero-order chi connectivity index (χ0) is 21.0. The zero-order valence-electron chi connectivity index (χ0n) is 16.5. The minimum absolute atomic E-state index is 0.0950. The Bertz CT molecular complexity index is 1100. The summed E-state index contributed by atoms with van der Waals surface area (Å²) < 4.78 is 1.18. The minimum atomic E-state index is -0.533. The molecule has 0 radical (unpaired) electrons. The second-order valence-corrected chi connectivity index (χ2v) is 7.54. The average molecular weight is 390 g/mol. The summed E-state index contributed by atoms with van der Waals surface area (Å²) in [5, 5.41) is 9.73. The van der Waals surface area contributed by atoms with Gasteiger partial charge in [-0.25, -0.2) is 0 Å². The van der Waals surface area contributed by atoms with Crippen molar-refractivity contribution in [1.29, 1.82) is 0 Å². The predicted molar refractivity (Wildman–Crippen MR) is 112 cm³/mol. The summed E-state index contributed by atoms with van der Waals surface area (Å²) in [5.41, 5.74) is 0.871. The Kier molecular flexibility index (Phi) is 5.59. The lowest BCUT2D eigenvalue weighted by Crippen LogP contribution is -2.27. The van der Waals surface area contributed by atoms with Crippen molar-refractivity contribution in [3.05, 3.63) is 82.8 Å². The van der Waals surface area contributed by atoms with Gasteiger partial charge in [0, 0.05) is 22.9 Å². The lowest BCUT2D eigenvalue weighted by molar-refractivity contribution is -0.123. The third-order valence-electron chi connectivity index (χ3n) is 4.09. The van der Waals surface area contributed by atoms with Crippen LogP contribution in [-0.2, 0) is 4.79 Å². The summed E-state index contributed by atoms with van der Waals surface area (Å²) in [5.74, 6) is -0.591. The summed E-state index contributed by atoms with van der Waals surface area (Å²) in [6, 6.07) is 18.4. The second-order valence-electron chi connectivity index (χ2n) is 7.54. The van der Waals surface area contributed by atoms with Crippen LogP contribution in [0.2, 0.25) is 0 Å². The first-order valence-corrected chi connectivity index (χ1v) is 9.13. The summed E-state index contributed by atoms with van der Waals surface area (Å²) in [4.78, 5) is 36.9. The molecule has 0 saturated heterocycles. The molecule has 0 spiro atoms. The topological polar surface area (TPSA) is 93.1 Å². The molecule has 0 saturated carbocycles. The molecule has 2 amide bonds. The number of benzene rings is 2. The average Bonchev–Trinajstić information content (AvgIpc) is 2.68. The maximum atomic E-state index is 12.6. The molecule has 3 rings (SSSR count). The van der Waals surface area contributed by atoms with Gasteiger partial charge in [-0.15, -0.1) is 0 Å². The van der Waals surface area contributed by atoms with Gasteiger partial charge in [0.05, 0.1) is 5.69 Å². The number of nitrogens with zero attached hydrogens (tertiary/aromatic N) is 2. The van der Waals surface area contributed by atoms with Crippen LogP contribution in [0.25, 0.3) is 5.69 Å². The van der Waals surface area contributed by atoms with Crippen molar-refractivity contribution in [1.82, 2.24) is 9.78 Å². The molecule has 7 heteroatoms. The SMILES string of the molecule is CC(C)(C)C(=O)Nc1cccc(NC(=O)c2ccc(=O)n(-c3ccccc3)n2)c1. The summed E-state index contributed by atoms with van der Waals surface area (Å²) in [7, 11) is 0. The van der Waals surface area contributed by atoms with Crippen molar-refractivity contribution < 1.29 is 9.59 Å². The normalized spacial score (nSPS) is 11.0. The molecule has 0 aliphatic rings. The third-order valence-corrected chi connectivity index (χ3v) is 4.09. The van der Waals surface area contributed by atoms with Crippen molar-refractivity contribution in [2.24, 2.45) is 5.41 Å². The highest BCUT2D eigenvalue weighted by atomic mass is 16.2. The minimum Gasteiger partial charge on any atom is -0.326 e. The van der Waals surface area contributed by atoms with Crippen LogP contribution in [0.1, 0.15) is 31.3 Å². The largest absolute Gasteiger partial charge is 0.326 e. The Balaban J connectivity index is 1.80. The number of hydrogen-bond acceptors (Lipinski definition) is 4. The molecule has 2 N–H and O–H groups in total. The Morgan fingerprint density at radius 3 is 2.17 bits per heavy atom. The molecule has 148 valence electrons. The van der Waals surface area contributed by atoms with Gasteiger partial charge in [0.25, 0.3) is 11.5 Å². The van der Waals surface area contributed by atoms with Crippen LogP contribution in [0.5, 0.6) is 0 Å². The predicted octanol–water partition coefficient (Wildman–Crippen LogP) is 3.47. The van der Waals surface area contributed by atoms with Gasteiger partial charge in [0.2, 0.25) is 5.91 Å². The van der Waals surface area contributed by atoms with E-state index in [1.54, 1.807) is 48.5 Å². The van der Waals surface area contributed by atoms with Crippen LogP contribution >= 0.6 is 0 Å². The maximum Gasteiger partial charge on any atom is 0.276 e. The van der Waals surface area contributed by atoms with E-state index in [9.17, 15) is 14.4 Å². The number of hydrogen-bond donors (Lipinski definition) is 2. The van der Waals surface area contributed by atoms with Gasteiger partial charge >= 0.3 is 0 Å². The second kappa shape index (κ2) is 8.10. The fourth-order valence-corrected chi connectivity index (χ4v) is 2.47. The highest BCUT2D eigenvalue weighted by molar-refractivity contribution is 6.03. The number of carbonyl (C=O) groups excluding carboxylic acids is 2. The van der Waals surface area contributed by atoms with E-state index < -0.39 is 11.3 Å². The highest BCUT2D eigenvalue weighted by Gasteiger charge is 2.21. The van der Waals surface area contributed by atoms with E-state index in [-0.39, 0.29) is 17.2 Å². The molecular formula is C22H22N4O3. The van der Waals surface area contributed by atoms with Crippen molar-refractivity contribution in [3.63, 3.8) is 0 Å². The summed E-state index contributed by atoms with van der Waals surface area (Å²) >= 11 is 0. The third kappa shape index (κ3) is 4.95.